The number of aromatic nitrogens is 3. The summed E-state index contributed by atoms with van der Waals surface area (Å²) in [7, 11) is -1.94. The van der Waals surface area contributed by atoms with Crippen LogP contribution in [0.4, 0.5) is 5.82 Å². The summed E-state index contributed by atoms with van der Waals surface area (Å²) in [5, 5.41) is 7.78. The molecule has 4 rings (SSSR count). The van der Waals surface area contributed by atoms with Gasteiger partial charge < -0.3 is 10.1 Å². The van der Waals surface area contributed by atoms with E-state index in [1.807, 2.05) is 25.1 Å². The van der Waals surface area contributed by atoms with Gasteiger partial charge in [-0.2, -0.15) is 9.78 Å². The molecule has 0 saturated carbocycles. The lowest BCUT2D eigenvalue weighted by molar-refractivity contribution is -0.115. The predicted molar refractivity (Wildman–Crippen MR) is 120 cm³/mol. The highest BCUT2D eigenvalue weighted by molar-refractivity contribution is 7.91. The highest BCUT2D eigenvalue weighted by Crippen LogP contribution is 2.29. The van der Waals surface area contributed by atoms with Crippen LogP contribution in [0.5, 0.6) is 5.75 Å². The second-order valence-electron chi connectivity index (χ2n) is 6.84. The summed E-state index contributed by atoms with van der Waals surface area (Å²) in [5.41, 5.74) is 1.46. The number of hydrogen-bond acceptors (Lipinski definition) is 7. The van der Waals surface area contributed by atoms with E-state index in [1.54, 1.807) is 36.1 Å². The number of benzene rings is 2. The molecule has 2 aromatic carbocycles. The van der Waals surface area contributed by atoms with Crippen molar-refractivity contribution in [1.29, 1.82) is 0 Å². The van der Waals surface area contributed by atoms with Crippen molar-refractivity contribution in [3.63, 3.8) is 0 Å². The lowest BCUT2D eigenvalue weighted by Crippen LogP contribution is -2.19. The van der Waals surface area contributed by atoms with E-state index in [1.165, 1.54) is 23.5 Å². The zero-order valence-electron chi connectivity index (χ0n) is 16.9. The van der Waals surface area contributed by atoms with Crippen molar-refractivity contribution >= 4 is 43.1 Å². The summed E-state index contributed by atoms with van der Waals surface area (Å²) in [6, 6.07) is 15.4. The van der Waals surface area contributed by atoms with Crippen LogP contribution in [0.1, 0.15) is 12.1 Å². The molecule has 0 atom stereocenters. The van der Waals surface area contributed by atoms with E-state index in [0.717, 1.165) is 10.2 Å². The van der Waals surface area contributed by atoms with Gasteiger partial charge in [0.05, 0.1) is 33.7 Å². The van der Waals surface area contributed by atoms with Gasteiger partial charge in [0.2, 0.25) is 11.0 Å². The summed E-state index contributed by atoms with van der Waals surface area (Å²) in [5.74, 6) is 0.444. The molecule has 2 aromatic heterocycles. The monoisotopic (exact) mass is 456 g/mol. The van der Waals surface area contributed by atoms with Gasteiger partial charge in [-0.25, -0.2) is 13.4 Å². The maximum atomic E-state index is 12.5. The molecule has 160 valence electrons. The number of aryl methyl sites for hydroxylation is 1. The van der Waals surface area contributed by atoms with Gasteiger partial charge in [0.15, 0.2) is 9.84 Å². The van der Waals surface area contributed by atoms with Crippen LogP contribution in [0.2, 0.25) is 0 Å². The van der Waals surface area contributed by atoms with Gasteiger partial charge >= 0.3 is 0 Å². The first kappa shape index (κ1) is 21.0. The number of carbonyl (C=O) groups is 1. The molecule has 0 bridgehead atoms. The summed E-state index contributed by atoms with van der Waals surface area (Å²) >= 11 is 1.43. The van der Waals surface area contributed by atoms with Crippen LogP contribution in [-0.2, 0) is 14.6 Å². The van der Waals surface area contributed by atoms with Gasteiger partial charge in [-0.3, -0.25) is 4.79 Å². The van der Waals surface area contributed by atoms with Gasteiger partial charge in [0.1, 0.15) is 11.6 Å². The van der Waals surface area contributed by atoms with Crippen LogP contribution < -0.4 is 10.1 Å². The minimum atomic E-state index is -3.53. The second-order valence-corrected chi connectivity index (χ2v) is 9.96. The number of ether oxygens (including phenoxy) is 1. The largest absolute Gasteiger partial charge is 0.497 e. The zero-order chi connectivity index (χ0) is 22.0. The molecule has 31 heavy (non-hydrogen) atoms. The summed E-state index contributed by atoms with van der Waals surface area (Å²) in [4.78, 5) is 17.3. The third-order valence-electron chi connectivity index (χ3n) is 4.56. The number of hydrogen-bond donors (Lipinski definition) is 1. The van der Waals surface area contributed by atoms with Crippen LogP contribution in [0.15, 0.2) is 59.5 Å². The van der Waals surface area contributed by atoms with E-state index in [4.69, 9.17) is 4.74 Å². The Kier molecular flexibility index (Phi) is 5.75. The van der Waals surface area contributed by atoms with Crippen LogP contribution in [0, 0.1) is 6.92 Å². The van der Waals surface area contributed by atoms with Crippen molar-refractivity contribution in [2.45, 2.75) is 18.2 Å². The molecule has 0 unspecified atom stereocenters. The zero-order valence-corrected chi connectivity index (χ0v) is 18.5. The molecule has 8 nitrogen and oxygen atoms in total. The van der Waals surface area contributed by atoms with Crippen LogP contribution in [-0.4, -0.2) is 42.0 Å². The van der Waals surface area contributed by atoms with E-state index >= 15 is 0 Å². The Hall–Kier alpha value is -3.24. The van der Waals surface area contributed by atoms with E-state index in [2.05, 4.69) is 15.4 Å². The number of anilines is 1. The SMILES string of the molecule is COc1ccc2sc(-n3nc(C)cc3NC(=O)CCS(=O)(=O)c3ccccc3)nc2c1. The molecule has 4 aromatic rings. The molecule has 0 aliphatic heterocycles. The highest BCUT2D eigenvalue weighted by Gasteiger charge is 2.18. The molecule has 0 aliphatic carbocycles. The number of nitrogens with zero attached hydrogens (tertiary/aromatic N) is 3. The molecule has 1 N–H and O–H groups in total. The van der Waals surface area contributed by atoms with Crippen molar-refractivity contribution in [2.75, 3.05) is 18.2 Å². The van der Waals surface area contributed by atoms with Gasteiger partial charge in [-0.05, 0) is 31.2 Å². The van der Waals surface area contributed by atoms with Gasteiger partial charge in [0, 0.05) is 18.6 Å². The lowest BCUT2D eigenvalue weighted by Gasteiger charge is -2.07. The fourth-order valence-corrected chi connectivity index (χ4v) is 5.20. The summed E-state index contributed by atoms with van der Waals surface area (Å²) < 4.78 is 32.6. The fourth-order valence-electron chi connectivity index (χ4n) is 3.03. The number of carbonyl (C=O) groups excluding carboxylic acids is 1. The quantitative estimate of drug-likeness (QED) is 0.456. The molecule has 10 heteroatoms. The number of amides is 1. The van der Waals surface area contributed by atoms with E-state index in [0.29, 0.717) is 22.4 Å². The number of nitrogens with one attached hydrogen (secondary N) is 1. The normalized spacial score (nSPS) is 11.5. The van der Waals surface area contributed by atoms with Crippen molar-refractivity contribution in [3.8, 4) is 10.9 Å². The average molecular weight is 457 g/mol. The first-order chi connectivity index (χ1) is 14.9. The van der Waals surface area contributed by atoms with Crippen molar-refractivity contribution in [1.82, 2.24) is 14.8 Å². The summed E-state index contributed by atoms with van der Waals surface area (Å²) in [6.07, 6.45) is -0.168. The smallest absolute Gasteiger partial charge is 0.226 e. The van der Waals surface area contributed by atoms with Gasteiger partial charge in [0.25, 0.3) is 0 Å². The van der Waals surface area contributed by atoms with Crippen molar-refractivity contribution < 1.29 is 17.9 Å². The molecule has 0 aliphatic rings. The van der Waals surface area contributed by atoms with E-state index < -0.39 is 15.7 Å². The van der Waals surface area contributed by atoms with Crippen LogP contribution in [0.25, 0.3) is 15.3 Å². The predicted octanol–water partition coefficient (Wildman–Crippen LogP) is 3.60. The molecule has 1 amide bonds. The van der Waals surface area contributed by atoms with Crippen LogP contribution >= 0.6 is 11.3 Å². The van der Waals surface area contributed by atoms with Crippen molar-refractivity contribution in [3.05, 3.63) is 60.3 Å². The molecule has 2 heterocycles. The summed E-state index contributed by atoms with van der Waals surface area (Å²) in [6.45, 7) is 1.81. The Labute approximate surface area is 183 Å². The molecule has 0 fully saturated rings. The van der Waals surface area contributed by atoms with E-state index in [-0.39, 0.29) is 17.1 Å². The molecular formula is C21H20N4O4S2. The third kappa shape index (κ3) is 4.59. The Morgan fingerprint density at radius 1 is 1.16 bits per heavy atom. The van der Waals surface area contributed by atoms with Gasteiger partial charge in [-0.15, -0.1) is 0 Å². The van der Waals surface area contributed by atoms with E-state index in [9.17, 15) is 13.2 Å². The third-order valence-corrected chi connectivity index (χ3v) is 7.31. The molecular weight excluding hydrogens is 436 g/mol. The maximum absolute atomic E-state index is 12.5. The number of sulfone groups is 1. The molecule has 0 saturated heterocycles. The Balaban J connectivity index is 1.52. The van der Waals surface area contributed by atoms with Gasteiger partial charge in [-0.1, -0.05) is 29.5 Å². The average Bonchev–Trinajstić information content (AvgIpc) is 3.35. The second kappa shape index (κ2) is 8.48. The number of methoxy groups -OCH3 is 1. The Bertz CT molecular complexity index is 1340. The number of fused-ring (bicyclic) bond motifs is 1. The number of rotatable bonds is 7. The lowest BCUT2D eigenvalue weighted by atomic mass is 10.3. The first-order valence-electron chi connectivity index (χ1n) is 9.45. The van der Waals surface area contributed by atoms with Crippen molar-refractivity contribution in [2.24, 2.45) is 0 Å². The maximum Gasteiger partial charge on any atom is 0.226 e. The van der Waals surface area contributed by atoms with Crippen LogP contribution in [0.3, 0.4) is 0 Å². The highest BCUT2D eigenvalue weighted by atomic mass is 32.2. The molecule has 0 spiro atoms. The fraction of sp³-hybridized carbons (Fsp3) is 0.190. The minimum Gasteiger partial charge on any atom is -0.497 e. The topological polar surface area (TPSA) is 103 Å². The Morgan fingerprint density at radius 3 is 2.68 bits per heavy atom. The first-order valence-corrected chi connectivity index (χ1v) is 11.9. The minimum absolute atomic E-state index is 0.168. The number of thiazole rings is 1. The molecule has 0 radical (unpaired) electrons. The standard InChI is InChI=1S/C21H20N4O4S2/c1-14-12-19(23-20(26)10-11-31(27,28)16-6-4-3-5-7-16)25(24-14)21-22-17-13-15(29-2)8-9-18(17)30-21/h3-9,12-13H,10-11H2,1-2H3,(H,23,26). The Morgan fingerprint density at radius 2 is 1.94 bits per heavy atom.